The summed E-state index contributed by atoms with van der Waals surface area (Å²) in [6.45, 7) is 18.7. The number of fused-ring (bicyclic) bond motifs is 3. The maximum atomic E-state index is 2.50. The first kappa shape index (κ1) is 32.9. The van der Waals surface area contributed by atoms with E-state index in [1.165, 1.54) is 110 Å². The molecule has 2 unspecified atom stereocenters. The Bertz CT molecular complexity index is 2920. The van der Waals surface area contributed by atoms with Crippen LogP contribution in [0, 0.1) is 17.3 Å². The summed E-state index contributed by atoms with van der Waals surface area (Å²) >= 11 is 0. The van der Waals surface area contributed by atoms with E-state index in [9.17, 15) is 0 Å². The minimum atomic E-state index is -0.133. The van der Waals surface area contributed by atoms with Crippen LogP contribution in [0.1, 0.15) is 77.6 Å². The molecule has 0 nitrogen and oxygen atoms in total. The standard InChI is InChI=1S/C55H48/c1-53(2,3)39-25-35-11-9-31-13-19-41(45-23-17-37(27-39)49(35)51(31)45)33-15-21-43-44-22-16-34(30-48(44)55(7,8)47(43)29-33)42-20-14-32-10-12-36-26-40(54(4,5)6)28-38-18-24-46(42)52(32)50(36)38/h9-31,37H,1-8H3. The van der Waals surface area contributed by atoms with Crippen molar-refractivity contribution in [2.75, 3.05) is 0 Å². The van der Waals surface area contributed by atoms with Crippen LogP contribution >= 0.6 is 0 Å². The van der Waals surface area contributed by atoms with E-state index in [1.54, 1.807) is 0 Å². The third-order valence-corrected chi connectivity index (χ3v) is 13.6. The van der Waals surface area contributed by atoms with E-state index in [2.05, 4.69) is 189 Å². The van der Waals surface area contributed by atoms with Gasteiger partial charge < -0.3 is 0 Å². The summed E-state index contributed by atoms with van der Waals surface area (Å²) in [5.74, 6) is 0.669. The fraction of sp³-hybridized carbons (Fsp3) is 0.236. The second kappa shape index (κ2) is 10.9. The lowest BCUT2D eigenvalue weighted by Gasteiger charge is -2.38. The van der Waals surface area contributed by atoms with Crippen LogP contribution in [0.4, 0.5) is 0 Å². The molecule has 5 aliphatic carbocycles. The van der Waals surface area contributed by atoms with Gasteiger partial charge in [0.05, 0.1) is 0 Å². The van der Waals surface area contributed by atoms with Gasteiger partial charge in [-0.2, -0.15) is 0 Å². The van der Waals surface area contributed by atoms with Crippen molar-refractivity contribution >= 4 is 37.9 Å². The first-order valence-corrected chi connectivity index (χ1v) is 20.3. The van der Waals surface area contributed by atoms with Crippen LogP contribution in [-0.2, 0) is 10.8 Å². The first-order chi connectivity index (χ1) is 26.3. The molecule has 0 aliphatic heterocycles. The van der Waals surface area contributed by atoms with E-state index in [0.29, 0.717) is 11.8 Å². The van der Waals surface area contributed by atoms with Gasteiger partial charge in [-0.1, -0.05) is 177 Å². The van der Waals surface area contributed by atoms with Crippen molar-refractivity contribution in [3.05, 3.63) is 184 Å². The molecule has 0 bridgehead atoms. The third kappa shape index (κ3) is 4.64. The Hall–Kier alpha value is -5.46. The highest BCUT2D eigenvalue weighted by Crippen LogP contribution is 2.54. The average molecular weight is 709 g/mol. The van der Waals surface area contributed by atoms with Gasteiger partial charge >= 0.3 is 0 Å². The summed E-state index contributed by atoms with van der Waals surface area (Å²) in [6, 6.07) is 33.3. The highest BCUT2D eigenvalue weighted by atomic mass is 14.4. The molecule has 6 aromatic carbocycles. The second-order valence-electron chi connectivity index (χ2n) is 19.3. The van der Waals surface area contributed by atoms with Crippen LogP contribution in [0.25, 0.3) is 60.1 Å². The quantitative estimate of drug-likeness (QED) is 0.157. The minimum absolute atomic E-state index is 0.103. The smallest absolute Gasteiger partial charge is 0.0217 e. The van der Waals surface area contributed by atoms with Gasteiger partial charge in [0.1, 0.15) is 0 Å². The van der Waals surface area contributed by atoms with Crippen molar-refractivity contribution in [2.45, 2.75) is 66.2 Å². The topological polar surface area (TPSA) is 0 Å². The number of benzene rings is 6. The number of hydrogen-bond donors (Lipinski definition) is 0. The Morgan fingerprint density at radius 3 is 1.84 bits per heavy atom. The molecule has 0 spiro atoms. The summed E-state index contributed by atoms with van der Waals surface area (Å²) in [6.07, 6.45) is 19.4. The number of hydrogen-bond acceptors (Lipinski definition) is 0. The van der Waals surface area contributed by atoms with Crippen molar-refractivity contribution in [1.82, 2.24) is 0 Å². The Morgan fingerprint density at radius 2 is 1.11 bits per heavy atom. The van der Waals surface area contributed by atoms with Gasteiger partial charge in [0, 0.05) is 17.3 Å². The van der Waals surface area contributed by atoms with Crippen LogP contribution in [0.5, 0.6) is 0 Å². The van der Waals surface area contributed by atoms with Gasteiger partial charge in [-0.15, -0.1) is 0 Å². The van der Waals surface area contributed by atoms with E-state index in [1.807, 2.05) is 0 Å². The molecule has 0 amide bonds. The predicted octanol–water partition coefficient (Wildman–Crippen LogP) is 14.8. The maximum absolute atomic E-state index is 2.50. The van der Waals surface area contributed by atoms with Gasteiger partial charge in [-0.3, -0.25) is 0 Å². The molecule has 0 saturated carbocycles. The highest BCUT2D eigenvalue weighted by Gasteiger charge is 2.38. The van der Waals surface area contributed by atoms with Gasteiger partial charge in [0.25, 0.3) is 0 Å². The van der Waals surface area contributed by atoms with Gasteiger partial charge in [0.15, 0.2) is 0 Å². The zero-order chi connectivity index (χ0) is 37.8. The molecule has 0 fully saturated rings. The van der Waals surface area contributed by atoms with Crippen molar-refractivity contribution < 1.29 is 0 Å². The lowest BCUT2D eigenvalue weighted by atomic mass is 9.66. The Balaban J connectivity index is 1.00. The fourth-order valence-corrected chi connectivity index (χ4v) is 10.5. The summed E-state index contributed by atoms with van der Waals surface area (Å²) in [4.78, 5) is 0. The molecule has 55 heavy (non-hydrogen) atoms. The first-order valence-electron chi connectivity index (χ1n) is 20.3. The lowest BCUT2D eigenvalue weighted by Crippen LogP contribution is -2.23. The van der Waals surface area contributed by atoms with Crippen molar-refractivity contribution in [3.63, 3.8) is 0 Å². The fourth-order valence-electron chi connectivity index (χ4n) is 10.5. The van der Waals surface area contributed by atoms with Crippen LogP contribution in [0.15, 0.2) is 161 Å². The molecule has 0 saturated heterocycles. The molecule has 2 atom stereocenters. The zero-order valence-electron chi connectivity index (χ0n) is 33.4. The normalized spacial score (nSPS) is 20.7. The molecular formula is C55H48. The molecule has 6 aromatic rings. The SMILES string of the molecule is CC(C)(C)C1=CC2C=CC3=C(c4ccc5c(c4)C(C)(C)c4cc(-c6ccc7ccc8cc(C(C)(C)C)cc9ccc6c7c89)ccc4-5)C=CC4C=CC(=C1)C2=C34. The Kier molecular flexibility index (Phi) is 6.50. The monoisotopic (exact) mass is 708 g/mol. The summed E-state index contributed by atoms with van der Waals surface area (Å²) in [7, 11) is 0. The maximum Gasteiger partial charge on any atom is 0.0217 e. The van der Waals surface area contributed by atoms with Crippen molar-refractivity contribution in [2.24, 2.45) is 17.3 Å². The van der Waals surface area contributed by atoms with Gasteiger partial charge in [-0.05, 0) is 133 Å². The van der Waals surface area contributed by atoms with Gasteiger partial charge in [-0.25, -0.2) is 0 Å². The minimum Gasteiger partial charge on any atom is -0.0726 e. The predicted molar refractivity (Wildman–Crippen MR) is 236 cm³/mol. The molecule has 5 aliphatic rings. The van der Waals surface area contributed by atoms with Crippen LogP contribution in [-0.4, -0.2) is 0 Å². The molecule has 11 rings (SSSR count). The molecular weight excluding hydrogens is 661 g/mol. The molecule has 268 valence electrons. The van der Waals surface area contributed by atoms with E-state index in [0.717, 1.165) is 0 Å². The molecule has 0 N–H and O–H groups in total. The van der Waals surface area contributed by atoms with E-state index < -0.39 is 0 Å². The van der Waals surface area contributed by atoms with Crippen molar-refractivity contribution in [3.8, 4) is 22.3 Å². The van der Waals surface area contributed by atoms with E-state index in [-0.39, 0.29) is 16.2 Å². The van der Waals surface area contributed by atoms with E-state index in [4.69, 9.17) is 0 Å². The largest absolute Gasteiger partial charge is 0.0726 e. The van der Waals surface area contributed by atoms with Crippen LogP contribution < -0.4 is 0 Å². The van der Waals surface area contributed by atoms with Gasteiger partial charge in [0.2, 0.25) is 0 Å². The lowest BCUT2D eigenvalue weighted by molar-refractivity contribution is 0.510. The highest BCUT2D eigenvalue weighted by molar-refractivity contribution is 6.25. The summed E-state index contributed by atoms with van der Waals surface area (Å²) < 4.78 is 0. The average Bonchev–Trinajstić information content (AvgIpc) is 3.39. The van der Waals surface area contributed by atoms with Crippen LogP contribution in [0.3, 0.4) is 0 Å². The zero-order valence-corrected chi connectivity index (χ0v) is 33.4. The molecule has 0 aromatic heterocycles. The summed E-state index contributed by atoms with van der Waals surface area (Å²) in [5.41, 5.74) is 19.5. The van der Waals surface area contributed by atoms with Crippen LogP contribution in [0.2, 0.25) is 0 Å². The molecule has 0 heterocycles. The molecule has 0 radical (unpaired) electrons. The molecule has 0 heteroatoms. The Labute approximate surface area is 326 Å². The Morgan fingerprint density at radius 1 is 0.509 bits per heavy atom. The number of allylic oxidation sites excluding steroid dienone is 14. The van der Waals surface area contributed by atoms with Crippen molar-refractivity contribution in [1.29, 1.82) is 0 Å². The summed E-state index contributed by atoms with van der Waals surface area (Å²) in [5, 5.41) is 8.08. The van der Waals surface area contributed by atoms with E-state index >= 15 is 0 Å². The number of rotatable bonds is 2. The second-order valence-corrected chi connectivity index (χ2v) is 19.3. The third-order valence-electron chi connectivity index (χ3n) is 13.6.